The first-order chi connectivity index (χ1) is 13.5. The van der Waals surface area contributed by atoms with Gasteiger partial charge >= 0.3 is 5.97 Å². The number of anilines is 1. The molecule has 3 aromatic rings. The molecule has 2 heterocycles. The predicted molar refractivity (Wildman–Crippen MR) is 105 cm³/mol. The molecule has 0 bridgehead atoms. The summed E-state index contributed by atoms with van der Waals surface area (Å²) in [5.74, 6) is -1.34. The number of hydrogen-bond acceptors (Lipinski definition) is 8. The second-order valence-corrected chi connectivity index (χ2v) is 8.10. The highest BCUT2D eigenvalue weighted by Crippen LogP contribution is 2.40. The summed E-state index contributed by atoms with van der Waals surface area (Å²) in [6.07, 6.45) is 1.81. The van der Waals surface area contributed by atoms with Gasteiger partial charge in [0.15, 0.2) is 5.13 Å². The maximum Gasteiger partial charge on any atom is 0.338 e. The Morgan fingerprint density at radius 3 is 2.71 bits per heavy atom. The van der Waals surface area contributed by atoms with Crippen LogP contribution >= 0.6 is 22.7 Å². The van der Waals surface area contributed by atoms with Gasteiger partial charge in [0.2, 0.25) is 0 Å². The fraction of sp³-hybridized carbons (Fsp3) is 0.167. The molecule has 0 fully saturated rings. The Bertz CT molecular complexity index is 1120. The highest BCUT2D eigenvalue weighted by molar-refractivity contribution is 7.16. The van der Waals surface area contributed by atoms with Crippen LogP contribution in [0, 0.1) is 10.1 Å². The molecule has 0 aliphatic heterocycles. The molecule has 142 valence electrons. The molecule has 1 aromatic carbocycles. The maximum absolute atomic E-state index is 12.6. The quantitative estimate of drug-likeness (QED) is 0.393. The fourth-order valence-electron chi connectivity index (χ4n) is 3.01. The first-order valence-corrected chi connectivity index (χ1v) is 9.91. The number of thiophene rings is 1. The Labute approximate surface area is 167 Å². The van der Waals surface area contributed by atoms with E-state index in [1.54, 1.807) is 11.3 Å². The summed E-state index contributed by atoms with van der Waals surface area (Å²) in [7, 11) is 1.17. The molecule has 1 aliphatic rings. The highest BCUT2D eigenvalue weighted by Gasteiger charge is 2.23. The van der Waals surface area contributed by atoms with Gasteiger partial charge in [0, 0.05) is 33.0 Å². The summed E-state index contributed by atoms with van der Waals surface area (Å²) in [6, 6.07) is 5.47. The van der Waals surface area contributed by atoms with Crippen LogP contribution in [0.25, 0.3) is 11.3 Å². The molecule has 10 heteroatoms. The standard InChI is InChI=1S/C18H13N3O5S2/c1-26-17(23)10-6-9(7-11(8-10)21(24)25)16(22)20-18-19-15-12-4-5-27-13(12)2-3-14(15)28-18/h4-8H,2-3H2,1H3,(H,19,20,22). The van der Waals surface area contributed by atoms with Crippen LogP contribution in [-0.2, 0) is 17.6 Å². The van der Waals surface area contributed by atoms with Gasteiger partial charge in [-0.05, 0) is 30.4 Å². The number of esters is 1. The summed E-state index contributed by atoms with van der Waals surface area (Å²) in [4.78, 5) is 41.8. The van der Waals surface area contributed by atoms with Gasteiger partial charge in [0.25, 0.3) is 11.6 Å². The third-order valence-corrected chi connectivity index (χ3v) is 6.32. The molecule has 1 amide bonds. The number of hydrogen-bond donors (Lipinski definition) is 1. The lowest BCUT2D eigenvalue weighted by Crippen LogP contribution is -2.14. The van der Waals surface area contributed by atoms with Crippen LogP contribution in [0.4, 0.5) is 10.8 Å². The lowest BCUT2D eigenvalue weighted by Gasteiger charge is -2.08. The van der Waals surface area contributed by atoms with Gasteiger partial charge in [-0.15, -0.1) is 22.7 Å². The van der Waals surface area contributed by atoms with Gasteiger partial charge < -0.3 is 4.74 Å². The molecule has 4 rings (SSSR count). The number of aromatic nitrogens is 1. The third kappa shape index (κ3) is 3.27. The fourth-order valence-corrected chi connectivity index (χ4v) is 4.86. The van der Waals surface area contributed by atoms with E-state index >= 15 is 0 Å². The second kappa shape index (κ2) is 7.13. The molecule has 8 nitrogen and oxygen atoms in total. The van der Waals surface area contributed by atoms with Crippen LogP contribution < -0.4 is 5.32 Å². The molecule has 1 N–H and O–H groups in total. The zero-order valence-corrected chi connectivity index (χ0v) is 16.2. The van der Waals surface area contributed by atoms with E-state index in [9.17, 15) is 19.7 Å². The number of carbonyl (C=O) groups excluding carboxylic acids is 2. The Hall–Kier alpha value is -3.11. The van der Waals surface area contributed by atoms with Crippen molar-refractivity contribution in [3.05, 3.63) is 60.6 Å². The third-order valence-electron chi connectivity index (χ3n) is 4.31. The van der Waals surface area contributed by atoms with Crippen LogP contribution in [0.5, 0.6) is 0 Å². The number of carbonyl (C=O) groups is 2. The molecule has 0 saturated heterocycles. The van der Waals surface area contributed by atoms with Crippen molar-refractivity contribution in [1.29, 1.82) is 0 Å². The zero-order chi connectivity index (χ0) is 19.8. The number of thiazole rings is 1. The number of aryl methyl sites for hydroxylation is 2. The van der Waals surface area contributed by atoms with Gasteiger partial charge in [-0.2, -0.15) is 0 Å². The van der Waals surface area contributed by atoms with E-state index in [2.05, 4.69) is 15.0 Å². The number of methoxy groups -OCH3 is 1. The molecule has 1 aliphatic carbocycles. The Kier molecular flexibility index (Phi) is 4.65. The normalized spacial score (nSPS) is 12.0. The average Bonchev–Trinajstić information content (AvgIpc) is 3.32. The Morgan fingerprint density at radius 2 is 1.96 bits per heavy atom. The number of rotatable bonds is 4. The number of nitro benzene ring substituents is 1. The second-order valence-electron chi connectivity index (χ2n) is 6.02. The van der Waals surface area contributed by atoms with Crippen molar-refractivity contribution in [3.63, 3.8) is 0 Å². The van der Waals surface area contributed by atoms with Crippen molar-refractivity contribution in [2.45, 2.75) is 12.8 Å². The van der Waals surface area contributed by atoms with Crippen molar-refractivity contribution in [3.8, 4) is 11.3 Å². The molecule has 0 unspecified atom stereocenters. The highest BCUT2D eigenvalue weighted by atomic mass is 32.1. The van der Waals surface area contributed by atoms with Crippen LogP contribution in [-0.4, -0.2) is 28.9 Å². The summed E-state index contributed by atoms with van der Waals surface area (Å²) >= 11 is 3.08. The van der Waals surface area contributed by atoms with E-state index in [0.717, 1.165) is 41.1 Å². The van der Waals surface area contributed by atoms with Crippen molar-refractivity contribution in [1.82, 2.24) is 4.98 Å². The first kappa shape index (κ1) is 18.3. The van der Waals surface area contributed by atoms with Gasteiger partial charge in [-0.1, -0.05) is 0 Å². The number of non-ortho nitro benzene ring substituents is 1. The van der Waals surface area contributed by atoms with Crippen molar-refractivity contribution in [2.75, 3.05) is 12.4 Å². The lowest BCUT2D eigenvalue weighted by atomic mass is 10.0. The zero-order valence-electron chi connectivity index (χ0n) is 14.6. The van der Waals surface area contributed by atoms with E-state index in [4.69, 9.17) is 0 Å². The molecular weight excluding hydrogens is 402 g/mol. The number of nitro groups is 1. The average molecular weight is 415 g/mol. The van der Waals surface area contributed by atoms with E-state index < -0.39 is 16.8 Å². The van der Waals surface area contributed by atoms with E-state index in [-0.39, 0.29) is 16.8 Å². The number of amides is 1. The van der Waals surface area contributed by atoms with E-state index in [1.807, 2.05) is 11.4 Å². The van der Waals surface area contributed by atoms with Crippen LogP contribution in [0.15, 0.2) is 29.6 Å². The minimum Gasteiger partial charge on any atom is -0.465 e. The minimum absolute atomic E-state index is 0.0148. The number of nitrogens with one attached hydrogen (secondary N) is 1. The van der Waals surface area contributed by atoms with E-state index in [0.29, 0.717) is 5.13 Å². The summed E-state index contributed by atoms with van der Waals surface area (Å²) in [5, 5.41) is 16.3. The van der Waals surface area contributed by atoms with Crippen LogP contribution in [0.2, 0.25) is 0 Å². The molecule has 28 heavy (non-hydrogen) atoms. The molecule has 0 atom stereocenters. The predicted octanol–water partition coefficient (Wildman–Crippen LogP) is 3.92. The van der Waals surface area contributed by atoms with Crippen LogP contribution in [0.3, 0.4) is 0 Å². The SMILES string of the molecule is COC(=O)c1cc(C(=O)Nc2nc3c(s2)CCc2sccc2-3)cc([N+](=O)[O-])c1. The molecule has 0 spiro atoms. The molecule has 0 radical (unpaired) electrons. The first-order valence-electron chi connectivity index (χ1n) is 8.22. The Balaban J connectivity index is 1.64. The van der Waals surface area contributed by atoms with E-state index in [1.165, 1.54) is 29.4 Å². The summed E-state index contributed by atoms with van der Waals surface area (Å²) in [5.41, 5.74) is 1.51. The van der Waals surface area contributed by atoms with Gasteiger partial charge in [0.05, 0.1) is 23.3 Å². The lowest BCUT2D eigenvalue weighted by molar-refractivity contribution is -0.384. The maximum atomic E-state index is 12.6. The number of nitrogens with zero attached hydrogens (tertiary/aromatic N) is 2. The molecule has 0 saturated carbocycles. The van der Waals surface area contributed by atoms with Crippen molar-refractivity contribution in [2.24, 2.45) is 0 Å². The monoisotopic (exact) mass is 415 g/mol. The van der Waals surface area contributed by atoms with Gasteiger partial charge in [-0.25, -0.2) is 9.78 Å². The van der Waals surface area contributed by atoms with Crippen molar-refractivity contribution >= 4 is 45.4 Å². The van der Waals surface area contributed by atoms with Gasteiger partial charge in [0.1, 0.15) is 0 Å². The Morgan fingerprint density at radius 1 is 1.21 bits per heavy atom. The smallest absolute Gasteiger partial charge is 0.338 e. The number of benzene rings is 1. The van der Waals surface area contributed by atoms with Crippen molar-refractivity contribution < 1.29 is 19.2 Å². The molecule has 2 aromatic heterocycles. The van der Waals surface area contributed by atoms with Gasteiger partial charge in [-0.3, -0.25) is 20.2 Å². The number of ether oxygens (including phenoxy) is 1. The topological polar surface area (TPSA) is 111 Å². The summed E-state index contributed by atoms with van der Waals surface area (Å²) < 4.78 is 4.60. The largest absolute Gasteiger partial charge is 0.465 e. The minimum atomic E-state index is -0.757. The van der Waals surface area contributed by atoms with Crippen LogP contribution in [0.1, 0.15) is 30.5 Å². The molecular formula is C18H13N3O5S2. The summed E-state index contributed by atoms with van der Waals surface area (Å²) in [6.45, 7) is 0. The number of fused-ring (bicyclic) bond motifs is 3.